The molecule has 5 aliphatic heterocycles. The lowest BCUT2D eigenvalue weighted by molar-refractivity contribution is -0.129. The zero-order valence-corrected chi connectivity index (χ0v) is 41.3. The lowest BCUT2D eigenvalue weighted by Crippen LogP contribution is -2.47. The number of alkyl halides is 2. The quantitative estimate of drug-likeness (QED) is 0.134. The van der Waals surface area contributed by atoms with E-state index in [2.05, 4.69) is 52.5 Å². The van der Waals surface area contributed by atoms with Crippen LogP contribution in [0.5, 0.6) is 0 Å². The number of hydrogen-bond acceptors (Lipinski definition) is 11. The third kappa shape index (κ3) is 9.37. The standard InChI is InChI=1S/C53H64ClF2N13O/c1-36(70)66-18-13-48-46(34-66)52(68-17-3-4-38-26-44(40-30-58-62(2)32-40)45(51(55)56)28-49(38)68)61-69(48)42-9-5-37(6-10-42)31-63-22-24-64(25-23-63)33-41-8-12-50(60-59-41)65-19-14-53(15-20-65)16-21-67(35-53)43-11-7-39(29-57)47(54)27-43/h7-8,11-12,26-28,30,32,37,42,51H,3-6,9-10,13-25,31,33-35H2,1-2H3. The molecule has 4 fully saturated rings. The van der Waals surface area contributed by atoms with E-state index in [0.29, 0.717) is 52.7 Å². The van der Waals surface area contributed by atoms with Crippen LogP contribution in [0, 0.1) is 22.7 Å². The Morgan fingerprint density at radius 3 is 2.36 bits per heavy atom. The second kappa shape index (κ2) is 19.5. The number of aromatic nitrogens is 6. The van der Waals surface area contributed by atoms with Crippen molar-refractivity contribution in [3.8, 4) is 17.2 Å². The van der Waals surface area contributed by atoms with Crippen molar-refractivity contribution in [2.45, 2.75) is 96.7 Å². The Kier molecular flexibility index (Phi) is 13.0. The number of carbonyl (C=O) groups is 1. The van der Waals surface area contributed by atoms with E-state index in [0.717, 1.165) is 163 Å². The molecule has 5 aromatic rings. The number of nitriles is 1. The second-order valence-corrected chi connectivity index (χ2v) is 21.4. The van der Waals surface area contributed by atoms with Gasteiger partial charge in [0, 0.05) is 139 Å². The van der Waals surface area contributed by atoms with Crippen LogP contribution in [0.15, 0.2) is 54.9 Å². The Hall–Kier alpha value is -5.63. The van der Waals surface area contributed by atoms with Crippen molar-refractivity contribution in [1.29, 1.82) is 5.26 Å². The Morgan fingerprint density at radius 2 is 1.67 bits per heavy atom. The van der Waals surface area contributed by atoms with E-state index >= 15 is 0 Å². The van der Waals surface area contributed by atoms with Gasteiger partial charge in [0.25, 0.3) is 6.43 Å². The molecule has 3 aromatic heterocycles. The number of benzene rings is 2. The number of fused-ring (bicyclic) bond motifs is 2. The van der Waals surface area contributed by atoms with Crippen molar-refractivity contribution in [2.75, 3.05) is 86.7 Å². The first-order chi connectivity index (χ1) is 34.0. The molecule has 3 saturated heterocycles. The molecule has 1 spiro atoms. The Morgan fingerprint density at radius 1 is 0.900 bits per heavy atom. The maximum absolute atomic E-state index is 14.8. The van der Waals surface area contributed by atoms with E-state index in [4.69, 9.17) is 26.9 Å². The lowest BCUT2D eigenvalue weighted by atomic mass is 9.78. The molecule has 1 saturated carbocycles. The van der Waals surface area contributed by atoms with E-state index in [9.17, 15) is 18.8 Å². The van der Waals surface area contributed by atoms with Gasteiger partial charge in [0.2, 0.25) is 5.91 Å². The van der Waals surface area contributed by atoms with E-state index in [-0.39, 0.29) is 17.5 Å². The van der Waals surface area contributed by atoms with Crippen LogP contribution in [0.1, 0.15) is 104 Å². The predicted molar refractivity (Wildman–Crippen MR) is 268 cm³/mol. The van der Waals surface area contributed by atoms with Crippen LogP contribution in [-0.2, 0) is 37.8 Å². The van der Waals surface area contributed by atoms with Crippen molar-refractivity contribution >= 4 is 40.5 Å². The Bertz CT molecular complexity index is 2740. The van der Waals surface area contributed by atoms with Gasteiger partial charge in [-0.15, -0.1) is 5.10 Å². The summed E-state index contributed by atoms with van der Waals surface area (Å²) in [5.41, 5.74) is 8.26. The summed E-state index contributed by atoms with van der Waals surface area (Å²) in [7, 11) is 1.80. The number of piperidine rings is 1. The predicted octanol–water partition coefficient (Wildman–Crippen LogP) is 8.57. The average Bonchev–Trinajstić information content (AvgIpc) is 4.11. The highest BCUT2D eigenvalue weighted by atomic mass is 35.5. The molecule has 1 amide bonds. The van der Waals surface area contributed by atoms with E-state index < -0.39 is 6.43 Å². The first-order valence-electron chi connectivity index (χ1n) is 25.5. The molecule has 6 aliphatic rings. The molecule has 2 aromatic carbocycles. The molecule has 0 unspecified atom stereocenters. The van der Waals surface area contributed by atoms with Crippen LogP contribution in [0.2, 0.25) is 5.02 Å². The lowest BCUT2D eigenvalue weighted by Gasteiger charge is -2.40. The average molecular weight is 973 g/mol. The third-order valence-electron chi connectivity index (χ3n) is 16.6. The van der Waals surface area contributed by atoms with E-state index in [1.165, 1.54) is 12.1 Å². The number of rotatable bonds is 10. The fourth-order valence-corrected chi connectivity index (χ4v) is 12.8. The van der Waals surface area contributed by atoms with Crippen molar-refractivity contribution in [3.05, 3.63) is 93.5 Å². The maximum atomic E-state index is 14.8. The van der Waals surface area contributed by atoms with Gasteiger partial charge in [0.1, 0.15) is 6.07 Å². The molecule has 8 heterocycles. The molecule has 0 N–H and O–H groups in total. The van der Waals surface area contributed by atoms with Gasteiger partial charge < -0.3 is 24.5 Å². The fraction of sp³-hybridized carbons (Fsp3) is 0.547. The van der Waals surface area contributed by atoms with Crippen LogP contribution >= 0.6 is 11.6 Å². The zero-order chi connectivity index (χ0) is 48.1. The summed E-state index contributed by atoms with van der Waals surface area (Å²) in [6, 6.07) is 16.2. The zero-order valence-electron chi connectivity index (χ0n) is 40.5. The first-order valence-corrected chi connectivity index (χ1v) is 25.9. The molecular formula is C53H64ClF2N13O. The van der Waals surface area contributed by atoms with Crippen LogP contribution in [-0.4, -0.2) is 122 Å². The molecule has 14 nitrogen and oxygen atoms in total. The molecule has 368 valence electrons. The minimum absolute atomic E-state index is 0.00533. The van der Waals surface area contributed by atoms with Gasteiger partial charge in [0.05, 0.1) is 35.1 Å². The van der Waals surface area contributed by atoms with Gasteiger partial charge in [-0.3, -0.25) is 19.1 Å². The molecule has 70 heavy (non-hydrogen) atoms. The van der Waals surface area contributed by atoms with Crippen LogP contribution in [0.4, 0.5) is 31.8 Å². The van der Waals surface area contributed by atoms with E-state index in [1.54, 1.807) is 37.1 Å². The summed E-state index contributed by atoms with van der Waals surface area (Å²) < 4.78 is 33.5. The van der Waals surface area contributed by atoms with Crippen LogP contribution in [0.25, 0.3) is 11.1 Å². The number of halogens is 3. The smallest absolute Gasteiger partial charge is 0.264 e. The largest absolute Gasteiger partial charge is 0.371 e. The number of piperazine rings is 1. The van der Waals surface area contributed by atoms with Gasteiger partial charge >= 0.3 is 0 Å². The summed E-state index contributed by atoms with van der Waals surface area (Å²) in [5.74, 6) is 2.46. The van der Waals surface area contributed by atoms with Gasteiger partial charge in [-0.2, -0.15) is 20.6 Å². The Labute approximate surface area is 414 Å². The SMILES string of the molecule is CC(=O)N1CCc2c(c(N3CCCc4cc(-c5cnn(C)c5)c(C(F)F)cc43)nn2C2CCC(CN3CCN(Cc4ccc(N5CCC6(CCN(c7ccc(C#N)c(Cl)c7)C6)CC5)nn4)CC3)CC2)C1. The van der Waals surface area contributed by atoms with Crippen molar-refractivity contribution in [1.82, 2.24) is 44.5 Å². The minimum atomic E-state index is -2.64. The number of amides is 1. The third-order valence-corrected chi connectivity index (χ3v) is 17.0. The van der Waals surface area contributed by atoms with Crippen molar-refractivity contribution in [3.63, 3.8) is 0 Å². The highest BCUT2D eigenvalue weighted by molar-refractivity contribution is 6.32. The summed E-state index contributed by atoms with van der Waals surface area (Å²) in [5, 5.41) is 28.9. The molecular weight excluding hydrogens is 908 g/mol. The number of aryl methyl sites for hydroxylation is 2. The molecule has 0 bridgehead atoms. The molecule has 1 aliphatic carbocycles. The highest BCUT2D eigenvalue weighted by Gasteiger charge is 2.41. The molecule has 0 atom stereocenters. The number of hydrogen-bond donors (Lipinski definition) is 0. The molecule has 17 heteroatoms. The summed E-state index contributed by atoms with van der Waals surface area (Å²) in [6.07, 6.45) is 11.0. The number of nitrogens with zero attached hydrogens (tertiary/aromatic N) is 13. The van der Waals surface area contributed by atoms with Crippen LogP contribution < -0.4 is 14.7 Å². The highest BCUT2D eigenvalue weighted by Crippen LogP contribution is 2.46. The van der Waals surface area contributed by atoms with E-state index in [1.807, 2.05) is 29.2 Å². The van der Waals surface area contributed by atoms with Gasteiger partial charge in [-0.1, -0.05) is 11.6 Å². The summed E-state index contributed by atoms with van der Waals surface area (Å²) >= 11 is 6.37. The normalized spacial score (nSPS) is 21.9. The van der Waals surface area contributed by atoms with Gasteiger partial charge in [0.15, 0.2) is 11.6 Å². The summed E-state index contributed by atoms with van der Waals surface area (Å²) in [4.78, 5) is 26.7. The van der Waals surface area contributed by atoms with Crippen LogP contribution in [0.3, 0.4) is 0 Å². The molecule has 0 radical (unpaired) electrons. The summed E-state index contributed by atoms with van der Waals surface area (Å²) in [6.45, 7) is 13.5. The minimum Gasteiger partial charge on any atom is -0.371 e. The van der Waals surface area contributed by atoms with Gasteiger partial charge in [-0.05, 0) is 123 Å². The Balaban J connectivity index is 0.675. The maximum Gasteiger partial charge on any atom is 0.264 e. The topological polar surface area (TPSA) is 122 Å². The number of carbonyl (C=O) groups excluding carboxylic acids is 1. The van der Waals surface area contributed by atoms with Crippen molar-refractivity contribution in [2.24, 2.45) is 18.4 Å². The monoisotopic (exact) mass is 972 g/mol. The molecule has 11 rings (SSSR count). The number of anilines is 4. The fourth-order valence-electron chi connectivity index (χ4n) is 12.5. The van der Waals surface area contributed by atoms with Gasteiger partial charge in [-0.25, -0.2) is 8.78 Å². The van der Waals surface area contributed by atoms with Crippen molar-refractivity contribution < 1.29 is 13.6 Å². The first kappa shape index (κ1) is 46.7. The second-order valence-electron chi connectivity index (χ2n) is 21.0.